The number of ether oxygens (including phenoxy) is 5. The highest BCUT2D eigenvalue weighted by Crippen LogP contribution is 2.37. The molecule has 1 aliphatic rings. The van der Waals surface area contributed by atoms with Crippen molar-refractivity contribution in [1.82, 2.24) is 15.1 Å². The van der Waals surface area contributed by atoms with Gasteiger partial charge in [-0.15, -0.1) is 0 Å². The minimum Gasteiger partial charge on any atom is -0.488 e. The molecule has 250 valence electrons. The number of aliphatic hydroxyl groups excluding tert-OH is 1. The van der Waals surface area contributed by atoms with E-state index in [2.05, 4.69) is 23.4 Å². The number of benzene rings is 3. The monoisotopic (exact) mass is 663 g/mol. The Bertz CT molecular complexity index is 1700. The highest BCUT2D eigenvalue weighted by Gasteiger charge is 2.18. The van der Waals surface area contributed by atoms with Gasteiger partial charge in [0.25, 0.3) is 0 Å². The fourth-order valence-electron chi connectivity index (χ4n) is 5.06. The van der Waals surface area contributed by atoms with Crippen molar-refractivity contribution in [3.05, 3.63) is 88.2 Å². The van der Waals surface area contributed by atoms with Crippen molar-refractivity contribution in [2.45, 2.75) is 72.6 Å². The van der Waals surface area contributed by atoms with Gasteiger partial charge in [0.2, 0.25) is 0 Å². The second kappa shape index (κ2) is 15.1. The van der Waals surface area contributed by atoms with E-state index in [0.29, 0.717) is 42.9 Å². The minimum absolute atomic E-state index is 0.000294. The van der Waals surface area contributed by atoms with Gasteiger partial charge in [-0.1, -0.05) is 35.9 Å². The number of aliphatic hydroxyl groups is 1. The molecule has 0 saturated heterocycles. The van der Waals surface area contributed by atoms with Crippen LogP contribution >= 0.6 is 11.6 Å². The zero-order chi connectivity index (χ0) is 33.6. The molecule has 0 saturated carbocycles. The van der Waals surface area contributed by atoms with Crippen LogP contribution < -0.4 is 24.3 Å². The average Bonchev–Trinajstić information content (AvgIpc) is 3.48. The fourth-order valence-corrected chi connectivity index (χ4v) is 5.30. The number of carbonyl (C=O) groups excluding carboxylic acids is 1. The van der Waals surface area contributed by atoms with Gasteiger partial charge in [0.05, 0.1) is 17.8 Å². The van der Waals surface area contributed by atoms with Crippen LogP contribution in [0.15, 0.2) is 60.9 Å². The predicted octanol–water partition coefficient (Wildman–Crippen LogP) is 6.25. The first-order valence-corrected chi connectivity index (χ1v) is 16.0. The fraction of sp³-hybridized carbons (Fsp3) is 0.389. The van der Waals surface area contributed by atoms with E-state index in [1.54, 1.807) is 18.5 Å². The Kier molecular flexibility index (Phi) is 11.0. The van der Waals surface area contributed by atoms with E-state index in [9.17, 15) is 9.90 Å². The number of fused-ring (bicyclic) bond motifs is 1. The standard InChI is InChI=1S/C36H42ClN3O7/c1-23(20-41)38-17-28-13-30(37)33(15-32(28)45-21-25-16-39-40(18-25)19-35(42)47-36(3,4)5)46-22-27-7-6-8-29(24(27)2)26-9-10-31-34(14-26)44-12-11-43-31/h6-10,13-16,18,23,38,41H,11-12,17,19-22H2,1-5H3. The molecule has 1 atom stereocenters. The summed E-state index contributed by atoms with van der Waals surface area (Å²) < 4.78 is 30.9. The Labute approximate surface area is 280 Å². The predicted molar refractivity (Wildman–Crippen MR) is 179 cm³/mol. The third-order valence-corrected chi connectivity index (χ3v) is 7.80. The third kappa shape index (κ3) is 9.18. The van der Waals surface area contributed by atoms with Gasteiger partial charge in [0, 0.05) is 36.0 Å². The van der Waals surface area contributed by atoms with E-state index in [1.165, 1.54) is 4.68 Å². The summed E-state index contributed by atoms with van der Waals surface area (Å²) in [4.78, 5) is 12.2. The highest BCUT2D eigenvalue weighted by molar-refractivity contribution is 6.32. The maximum Gasteiger partial charge on any atom is 0.328 e. The molecule has 5 rings (SSSR count). The van der Waals surface area contributed by atoms with Crippen molar-refractivity contribution in [3.63, 3.8) is 0 Å². The van der Waals surface area contributed by atoms with Gasteiger partial charge in [-0.25, -0.2) is 0 Å². The number of halogens is 1. The number of esters is 1. The van der Waals surface area contributed by atoms with Gasteiger partial charge in [0.15, 0.2) is 11.5 Å². The molecule has 11 heteroatoms. The van der Waals surface area contributed by atoms with Crippen molar-refractivity contribution in [2.24, 2.45) is 0 Å². The smallest absolute Gasteiger partial charge is 0.328 e. The molecule has 0 radical (unpaired) electrons. The molecule has 0 bridgehead atoms. The third-order valence-electron chi connectivity index (χ3n) is 7.50. The highest BCUT2D eigenvalue weighted by atomic mass is 35.5. The maximum atomic E-state index is 12.2. The van der Waals surface area contributed by atoms with E-state index < -0.39 is 5.60 Å². The zero-order valence-electron chi connectivity index (χ0n) is 27.5. The molecule has 1 aliphatic heterocycles. The van der Waals surface area contributed by atoms with E-state index in [-0.39, 0.29) is 31.8 Å². The molecule has 0 spiro atoms. The zero-order valence-corrected chi connectivity index (χ0v) is 28.2. The van der Waals surface area contributed by atoms with Crippen LogP contribution in [-0.2, 0) is 35.8 Å². The van der Waals surface area contributed by atoms with Crippen molar-refractivity contribution in [1.29, 1.82) is 0 Å². The average molecular weight is 664 g/mol. The van der Waals surface area contributed by atoms with E-state index >= 15 is 0 Å². The number of rotatable bonds is 13. The van der Waals surface area contributed by atoms with Crippen LogP contribution in [0.5, 0.6) is 23.0 Å². The Hall–Kier alpha value is -4.25. The normalized spacial score (nSPS) is 13.3. The molecule has 1 unspecified atom stereocenters. The van der Waals surface area contributed by atoms with Crippen molar-refractivity contribution in [3.8, 4) is 34.1 Å². The van der Waals surface area contributed by atoms with Gasteiger partial charge in [-0.2, -0.15) is 5.10 Å². The van der Waals surface area contributed by atoms with Gasteiger partial charge in [0.1, 0.15) is 50.1 Å². The molecular formula is C36H42ClN3O7. The van der Waals surface area contributed by atoms with E-state index in [4.69, 9.17) is 35.3 Å². The molecule has 0 amide bonds. The largest absolute Gasteiger partial charge is 0.488 e. The molecule has 47 heavy (non-hydrogen) atoms. The lowest BCUT2D eigenvalue weighted by Gasteiger charge is -2.20. The number of nitrogens with one attached hydrogen (secondary N) is 1. The molecule has 0 aliphatic carbocycles. The van der Waals surface area contributed by atoms with Crippen LogP contribution in [0.4, 0.5) is 0 Å². The molecule has 1 aromatic heterocycles. The molecular weight excluding hydrogens is 622 g/mol. The summed E-state index contributed by atoms with van der Waals surface area (Å²) in [5.41, 5.74) is 5.21. The lowest BCUT2D eigenvalue weighted by atomic mass is 9.96. The van der Waals surface area contributed by atoms with Crippen LogP contribution in [0.3, 0.4) is 0 Å². The lowest BCUT2D eigenvalue weighted by Crippen LogP contribution is -2.28. The molecule has 2 heterocycles. The first-order chi connectivity index (χ1) is 22.5. The van der Waals surface area contributed by atoms with Crippen LogP contribution in [0.1, 0.15) is 49.9 Å². The second-order valence-electron chi connectivity index (χ2n) is 12.5. The summed E-state index contributed by atoms with van der Waals surface area (Å²) in [6, 6.07) is 15.6. The van der Waals surface area contributed by atoms with E-state index in [1.807, 2.05) is 64.1 Å². The van der Waals surface area contributed by atoms with Gasteiger partial charge in [-0.3, -0.25) is 9.48 Å². The first kappa shape index (κ1) is 34.1. The number of nitrogens with zero attached hydrogens (tertiary/aromatic N) is 2. The van der Waals surface area contributed by atoms with Gasteiger partial charge in [-0.05, 0) is 75.1 Å². The first-order valence-electron chi connectivity index (χ1n) is 15.6. The number of carbonyl (C=O) groups is 1. The topological polar surface area (TPSA) is 113 Å². The number of hydrogen-bond acceptors (Lipinski definition) is 9. The molecule has 3 aromatic carbocycles. The molecule has 2 N–H and O–H groups in total. The van der Waals surface area contributed by atoms with Crippen molar-refractivity contribution in [2.75, 3.05) is 19.8 Å². The summed E-state index contributed by atoms with van der Waals surface area (Å²) >= 11 is 6.73. The number of hydrogen-bond donors (Lipinski definition) is 2. The number of aromatic nitrogens is 2. The minimum atomic E-state index is -0.573. The van der Waals surface area contributed by atoms with Crippen LogP contribution in [0.25, 0.3) is 11.1 Å². The summed E-state index contributed by atoms with van der Waals surface area (Å²) in [5.74, 6) is 2.18. The quantitative estimate of drug-likeness (QED) is 0.160. The van der Waals surface area contributed by atoms with Crippen molar-refractivity contribution >= 4 is 17.6 Å². The summed E-state index contributed by atoms with van der Waals surface area (Å²) in [6.45, 7) is 11.4. The Morgan fingerprint density at radius 3 is 2.57 bits per heavy atom. The molecule has 4 aromatic rings. The summed E-state index contributed by atoms with van der Waals surface area (Å²) in [5, 5.41) is 17.5. The summed E-state index contributed by atoms with van der Waals surface area (Å²) in [7, 11) is 0. The Morgan fingerprint density at radius 2 is 1.81 bits per heavy atom. The van der Waals surface area contributed by atoms with Crippen LogP contribution in [-0.4, -0.2) is 52.3 Å². The molecule has 10 nitrogen and oxygen atoms in total. The van der Waals surface area contributed by atoms with Gasteiger partial charge < -0.3 is 34.1 Å². The van der Waals surface area contributed by atoms with Crippen LogP contribution in [0.2, 0.25) is 5.02 Å². The van der Waals surface area contributed by atoms with Crippen LogP contribution in [0, 0.1) is 6.92 Å². The van der Waals surface area contributed by atoms with Gasteiger partial charge >= 0.3 is 5.97 Å². The Morgan fingerprint density at radius 1 is 1.04 bits per heavy atom. The SMILES string of the molecule is Cc1c(COc2cc(OCc3cnn(CC(=O)OC(C)(C)C)c3)c(CNC(C)CO)cc2Cl)cccc1-c1ccc2c(c1)OCCO2. The Balaban J connectivity index is 1.31. The summed E-state index contributed by atoms with van der Waals surface area (Å²) in [6.07, 6.45) is 3.40. The lowest BCUT2D eigenvalue weighted by molar-refractivity contribution is -0.155. The van der Waals surface area contributed by atoms with E-state index in [0.717, 1.165) is 44.9 Å². The molecule has 0 fully saturated rings. The van der Waals surface area contributed by atoms with Crippen molar-refractivity contribution < 1.29 is 33.6 Å². The maximum absolute atomic E-state index is 12.2. The second-order valence-corrected chi connectivity index (χ2v) is 12.9.